The number of hydrazone groups is 1. The number of phenols is 1. The summed E-state index contributed by atoms with van der Waals surface area (Å²) in [5.74, 6) is -0.863. The van der Waals surface area contributed by atoms with E-state index in [2.05, 4.69) is 10.1 Å². The summed E-state index contributed by atoms with van der Waals surface area (Å²) < 4.78 is 14.3. The van der Waals surface area contributed by atoms with E-state index < -0.39 is 5.82 Å². The van der Waals surface area contributed by atoms with Crippen molar-refractivity contribution in [2.45, 2.75) is 6.42 Å². The van der Waals surface area contributed by atoms with Crippen LogP contribution >= 0.6 is 11.3 Å². The van der Waals surface area contributed by atoms with Crippen molar-refractivity contribution in [1.29, 1.82) is 0 Å². The molecule has 23 heavy (non-hydrogen) atoms. The van der Waals surface area contributed by atoms with Gasteiger partial charge in [-0.3, -0.25) is 4.79 Å². The van der Waals surface area contributed by atoms with Gasteiger partial charge >= 0.3 is 0 Å². The summed E-state index contributed by atoms with van der Waals surface area (Å²) >= 11 is 1.35. The number of hydrogen-bond acceptors (Lipinski definition) is 5. The summed E-state index contributed by atoms with van der Waals surface area (Å²) in [6.45, 7) is 0. The molecule has 0 radical (unpaired) electrons. The lowest BCUT2D eigenvalue weighted by Crippen LogP contribution is -2.19. The Morgan fingerprint density at radius 1 is 1.22 bits per heavy atom. The van der Waals surface area contributed by atoms with Crippen LogP contribution in [0.5, 0.6) is 5.75 Å². The average molecular weight is 327 g/mol. The molecule has 3 aromatic rings. The van der Waals surface area contributed by atoms with E-state index in [4.69, 9.17) is 0 Å². The van der Waals surface area contributed by atoms with Gasteiger partial charge in [0.25, 0.3) is 5.91 Å². The number of para-hydroxylation sites is 1. The SMILES string of the molecule is O=C1CC(c2cc(F)ccc2O)=NN1c1nc2ccccc2s1. The van der Waals surface area contributed by atoms with Crippen LogP contribution in [0, 0.1) is 5.82 Å². The number of aromatic hydroxyl groups is 1. The van der Waals surface area contributed by atoms with Gasteiger partial charge in [-0.1, -0.05) is 23.5 Å². The number of thiazole rings is 1. The predicted octanol–water partition coefficient (Wildman–Crippen LogP) is 3.28. The minimum Gasteiger partial charge on any atom is -0.507 e. The van der Waals surface area contributed by atoms with Crippen LogP contribution in [-0.2, 0) is 4.79 Å². The second-order valence-corrected chi connectivity index (χ2v) is 6.06. The van der Waals surface area contributed by atoms with Crippen molar-refractivity contribution in [3.05, 3.63) is 53.8 Å². The molecule has 1 amide bonds. The van der Waals surface area contributed by atoms with Crippen LogP contribution in [0.2, 0.25) is 0 Å². The second-order valence-electron chi connectivity index (χ2n) is 5.05. The fourth-order valence-electron chi connectivity index (χ4n) is 2.42. The lowest BCUT2D eigenvalue weighted by Gasteiger charge is -2.05. The van der Waals surface area contributed by atoms with Crippen LogP contribution in [0.15, 0.2) is 47.6 Å². The van der Waals surface area contributed by atoms with Gasteiger partial charge in [-0.05, 0) is 30.3 Å². The van der Waals surface area contributed by atoms with Crippen LogP contribution < -0.4 is 5.01 Å². The van der Waals surface area contributed by atoms with E-state index in [1.54, 1.807) is 0 Å². The van der Waals surface area contributed by atoms with Gasteiger partial charge in [0.15, 0.2) is 0 Å². The van der Waals surface area contributed by atoms with Crippen LogP contribution in [0.25, 0.3) is 10.2 Å². The van der Waals surface area contributed by atoms with Crippen molar-refractivity contribution in [3.63, 3.8) is 0 Å². The number of fused-ring (bicyclic) bond motifs is 1. The Balaban J connectivity index is 1.76. The maximum Gasteiger partial charge on any atom is 0.255 e. The third kappa shape index (κ3) is 2.35. The Kier molecular flexibility index (Phi) is 3.09. The molecule has 1 aliphatic heterocycles. The highest BCUT2D eigenvalue weighted by molar-refractivity contribution is 7.22. The summed E-state index contributed by atoms with van der Waals surface area (Å²) in [5, 5.41) is 15.8. The molecule has 0 aliphatic carbocycles. The summed E-state index contributed by atoms with van der Waals surface area (Å²) in [5.41, 5.74) is 1.34. The summed E-state index contributed by atoms with van der Waals surface area (Å²) in [6.07, 6.45) is -0.00701. The van der Waals surface area contributed by atoms with E-state index in [1.165, 1.54) is 28.5 Å². The van der Waals surface area contributed by atoms with E-state index in [0.717, 1.165) is 16.3 Å². The number of nitrogens with zero attached hydrogens (tertiary/aromatic N) is 3. The molecule has 7 heteroatoms. The quantitative estimate of drug-likeness (QED) is 0.785. The maximum atomic E-state index is 13.4. The first kappa shape index (κ1) is 13.8. The smallest absolute Gasteiger partial charge is 0.255 e. The van der Waals surface area contributed by atoms with E-state index in [-0.39, 0.29) is 23.6 Å². The van der Waals surface area contributed by atoms with E-state index >= 15 is 0 Å². The number of amides is 1. The molecule has 4 rings (SSSR count). The van der Waals surface area contributed by atoms with Crippen molar-refractivity contribution >= 4 is 38.3 Å². The van der Waals surface area contributed by atoms with Crippen molar-refractivity contribution < 1.29 is 14.3 Å². The number of carbonyl (C=O) groups is 1. The number of benzene rings is 2. The number of phenolic OH excluding ortho intramolecular Hbond substituents is 1. The molecule has 1 aromatic heterocycles. The maximum absolute atomic E-state index is 13.4. The van der Waals surface area contributed by atoms with Crippen molar-refractivity contribution in [1.82, 2.24) is 4.98 Å². The van der Waals surface area contributed by atoms with Gasteiger partial charge in [-0.25, -0.2) is 9.37 Å². The lowest BCUT2D eigenvalue weighted by molar-refractivity contribution is -0.116. The first-order valence-electron chi connectivity index (χ1n) is 6.87. The minimum absolute atomic E-state index is 0.00701. The van der Waals surface area contributed by atoms with Crippen LogP contribution in [0.3, 0.4) is 0 Å². The average Bonchev–Trinajstić information content (AvgIpc) is 3.12. The highest BCUT2D eigenvalue weighted by Crippen LogP contribution is 2.32. The van der Waals surface area contributed by atoms with Crippen LogP contribution in [-0.4, -0.2) is 21.7 Å². The standard InChI is InChI=1S/C16H10FN3O2S/c17-9-5-6-13(21)10(7-9)12-8-15(22)20(19-12)16-18-11-3-1-2-4-14(11)23-16/h1-7,21H,8H2. The summed E-state index contributed by atoms with van der Waals surface area (Å²) in [6, 6.07) is 11.1. The van der Waals surface area contributed by atoms with Gasteiger partial charge in [0.1, 0.15) is 11.6 Å². The Bertz CT molecular complexity index is 934. The Labute approximate surface area is 134 Å². The van der Waals surface area contributed by atoms with Crippen molar-refractivity contribution in [3.8, 4) is 5.75 Å². The van der Waals surface area contributed by atoms with Gasteiger partial charge in [0.2, 0.25) is 5.13 Å². The second kappa shape index (κ2) is 5.13. The monoisotopic (exact) mass is 327 g/mol. The number of hydrogen-bond donors (Lipinski definition) is 1. The van der Waals surface area contributed by atoms with Gasteiger partial charge in [-0.2, -0.15) is 10.1 Å². The van der Waals surface area contributed by atoms with Gasteiger partial charge < -0.3 is 5.11 Å². The molecule has 0 bridgehead atoms. The molecule has 114 valence electrons. The number of halogens is 1. The first-order valence-corrected chi connectivity index (χ1v) is 7.68. The van der Waals surface area contributed by atoms with Crippen molar-refractivity contribution in [2.75, 3.05) is 5.01 Å². The molecule has 0 unspecified atom stereocenters. The highest BCUT2D eigenvalue weighted by Gasteiger charge is 2.29. The largest absolute Gasteiger partial charge is 0.507 e. The third-order valence-electron chi connectivity index (χ3n) is 3.51. The molecule has 2 heterocycles. The number of aromatic nitrogens is 1. The molecule has 0 saturated carbocycles. The molecular formula is C16H10FN3O2S. The molecule has 0 fully saturated rings. The topological polar surface area (TPSA) is 65.8 Å². The minimum atomic E-state index is -0.494. The fraction of sp³-hybridized carbons (Fsp3) is 0.0625. The van der Waals surface area contributed by atoms with Crippen LogP contribution in [0.1, 0.15) is 12.0 Å². The first-order chi connectivity index (χ1) is 11.1. The number of rotatable bonds is 2. The Morgan fingerprint density at radius 3 is 2.87 bits per heavy atom. The molecule has 1 aliphatic rings. The third-order valence-corrected chi connectivity index (χ3v) is 4.52. The normalized spacial score (nSPS) is 14.6. The summed E-state index contributed by atoms with van der Waals surface area (Å²) in [4.78, 5) is 16.6. The number of carbonyl (C=O) groups excluding carboxylic acids is 1. The predicted molar refractivity (Wildman–Crippen MR) is 86.3 cm³/mol. The lowest BCUT2D eigenvalue weighted by atomic mass is 10.1. The molecule has 0 atom stereocenters. The zero-order chi connectivity index (χ0) is 16.0. The molecule has 0 spiro atoms. The molecule has 1 N–H and O–H groups in total. The molecular weight excluding hydrogens is 317 g/mol. The van der Waals surface area contributed by atoms with Crippen molar-refractivity contribution in [2.24, 2.45) is 5.10 Å². The highest BCUT2D eigenvalue weighted by atomic mass is 32.1. The van der Waals surface area contributed by atoms with Gasteiger partial charge in [0.05, 0.1) is 22.3 Å². The molecule has 2 aromatic carbocycles. The van der Waals surface area contributed by atoms with E-state index in [0.29, 0.717) is 10.8 Å². The fourth-order valence-corrected chi connectivity index (χ4v) is 3.35. The zero-order valence-electron chi connectivity index (χ0n) is 11.7. The summed E-state index contributed by atoms with van der Waals surface area (Å²) in [7, 11) is 0. The molecule has 5 nitrogen and oxygen atoms in total. The number of anilines is 1. The molecule has 0 saturated heterocycles. The van der Waals surface area contributed by atoms with Gasteiger partial charge in [-0.15, -0.1) is 0 Å². The van der Waals surface area contributed by atoms with E-state index in [1.807, 2.05) is 24.3 Å². The van der Waals surface area contributed by atoms with E-state index in [9.17, 15) is 14.3 Å². The Hall–Kier alpha value is -2.80. The zero-order valence-corrected chi connectivity index (χ0v) is 12.5. The Morgan fingerprint density at radius 2 is 2.04 bits per heavy atom. The van der Waals surface area contributed by atoms with Gasteiger partial charge in [0, 0.05) is 5.56 Å². The van der Waals surface area contributed by atoms with Crippen LogP contribution in [0.4, 0.5) is 9.52 Å².